The lowest BCUT2D eigenvalue weighted by Gasteiger charge is -2.12. The lowest BCUT2D eigenvalue weighted by Crippen LogP contribution is -2.11. The normalized spacial score (nSPS) is 11.6. The molecule has 4 nitrogen and oxygen atoms in total. The van der Waals surface area contributed by atoms with Crippen molar-refractivity contribution in [3.05, 3.63) is 93.6 Å². The molecule has 30 heavy (non-hydrogen) atoms. The van der Waals surface area contributed by atoms with Gasteiger partial charge in [0.1, 0.15) is 12.4 Å². The molecular formula is C22H15BrF3NO3. The van der Waals surface area contributed by atoms with Gasteiger partial charge in [-0.1, -0.05) is 46.3 Å². The minimum atomic E-state index is -4.74. The summed E-state index contributed by atoms with van der Waals surface area (Å²) in [6.45, 7) is 0.0704. The van der Waals surface area contributed by atoms with Crippen molar-refractivity contribution in [2.24, 2.45) is 0 Å². The number of hydrogen-bond acceptors (Lipinski definition) is 4. The molecule has 0 aliphatic carbocycles. The molecular weight excluding hydrogens is 463 g/mol. The van der Waals surface area contributed by atoms with Crippen LogP contribution in [0.3, 0.4) is 0 Å². The summed E-state index contributed by atoms with van der Waals surface area (Å²) in [5.74, 6) is -1.10. The molecule has 0 saturated heterocycles. The van der Waals surface area contributed by atoms with Crippen LogP contribution in [0.1, 0.15) is 27.2 Å². The first kappa shape index (κ1) is 21.6. The zero-order valence-electron chi connectivity index (χ0n) is 15.4. The second kappa shape index (κ2) is 9.13. The number of nitrogens with zero attached hydrogens (tertiary/aromatic N) is 1. The number of phenols is 1. The number of carbonyl (C=O) groups excluding carboxylic acids is 1. The number of halogens is 4. The Hall–Kier alpha value is -3.13. The molecule has 0 atom stereocenters. The number of benzene rings is 2. The number of ether oxygens (including phenoxy) is 1. The second-order valence-corrected chi connectivity index (χ2v) is 7.13. The Morgan fingerprint density at radius 2 is 1.83 bits per heavy atom. The van der Waals surface area contributed by atoms with E-state index in [0.717, 1.165) is 17.7 Å². The first-order valence-corrected chi connectivity index (χ1v) is 9.49. The number of phenolic OH excluding ortho intramolecular Hbond substituents is 1. The molecule has 0 spiro atoms. The van der Waals surface area contributed by atoms with E-state index in [-0.39, 0.29) is 29.4 Å². The van der Waals surface area contributed by atoms with Crippen LogP contribution < -0.4 is 4.74 Å². The zero-order chi connectivity index (χ0) is 21.7. The molecule has 2 aromatic carbocycles. The number of pyridine rings is 1. The summed E-state index contributed by atoms with van der Waals surface area (Å²) in [5, 5.41) is 9.79. The van der Waals surface area contributed by atoms with Crippen LogP contribution in [0.15, 0.2) is 71.2 Å². The largest absolute Gasteiger partial charge is 0.507 e. The first-order chi connectivity index (χ1) is 14.2. The maximum Gasteiger partial charge on any atom is 0.434 e. The Labute approximate surface area is 178 Å². The fourth-order valence-electron chi connectivity index (χ4n) is 2.59. The highest BCUT2D eigenvalue weighted by molar-refractivity contribution is 9.10. The number of allylic oxidation sites excluding steroid dienone is 1. The number of rotatable bonds is 6. The summed E-state index contributed by atoms with van der Waals surface area (Å²) in [6.07, 6.45) is -2.77. The molecule has 0 aliphatic heterocycles. The van der Waals surface area contributed by atoms with Crippen LogP contribution in [-0.4, -0.2) is 15.9 Å². The Kier molecular flexibility index (Phi) is 6.56. The van der Waals surface area contributed by atoms with E-state index in [1.54, 1.807) is 24.3 Å². The third kappa shape index (κ3) is 5.48. The molecule has 1 N–H and O–H groups in total. The Morgan fingerprint density at radius 3 is 2.53 bits per heavy atom. The summed E-state index contributed by atoms with van der Waals surface area (Å²) < 4.78 is 46.3. The van der Waals surface area contributed by atoms with Crippen molar-refractivity contribution in [3.63, 3.8) is 0 Å². The molecule has 0 radical (unpaired) electrons. The molecule has 0 amide bonds. The van der Waals surface area contributed by atoms with Crippen molar-refractivity contribution in [2.75, 3.05) is 0 Å². The maximum atomic E-state index is 13.5. The van der Waals surface area contributed by atoms with Crippen molar-refractivity contribution in [3.8, 4) is 11.6 Å². The van der Waals surface area contributed by atoms with Crippen molar-refractivity contribution in [1.29, 1.82) is 0 Å². The van der Waals surface area contributed by atoms with Gasteiger partial charge in [-0.05, 0) is 42.0 Å². The van der Waals surface area contributed by atoms with E-state index < -0.39 is 17.7 Å². The van der Waals surface area contributed by atoms with Gasteiger partial charge in [0, 0.05) is 16.1 Å². The predicted molar refractivity (Wildman–Crippen MR) is 109 cm³/mol. The summed E-state index contributed by atoms with van der Waals surface area (Å²) in [4.78, 5) is 15.9. The minimum Gasteiger partial charge on any atom is -0.507 e. The quantitative estimate of drug-likeness (QED) is 0.347. The van der Waals surface area contributed by atoms with Gasteiger partial charge in [-0.15, -0.1) is 0 Å². The predicted octanol–water partition coefficient (Wildman–Crippen LogP) is 6.04. The Morgan fingerprint density at radius 1 is 1.10 bits per heavy atom. The van der Waals surface area contributed by atoms with Gasteiger partial charge in [0.25, 0.3) is 0 Å². The van der Waals surface area contributed by atoms with Crippen molar-refractivity contribution in [2.45, 2.75) is 12.8 Å². The van der Waals surface area contributed by atoms with Crippen molar-refractivity contribution in [1.82, 2.24) is 4.98 Å². The Bertz CT molecular complexity index is 1080. The Balaban J connectivity index is 1.84. The van der Waals surface area contributed by atoms with Gasteiger partial charge in [-0.25, -0.2) is 4.98 Å². The maximum absolute atomic E-state index is 13.5. The van der Waals surface area contributed by atoms with Gasteiger partial charge in [0.15, 0.2) is 11.5 Å². The summed E-state index contributed by atoms with van der Waals surface area (Å²) >= 11 is 3.18. The molecule has 0 fully saturated rings. The van der Waals surface area contributed by atoms with Gasteiger partial charge in [0.2, 0.25) is 5.88 Å². The first-order valence-electron chi connectivity index (χ1n) is 8.70. The molecule has 1 aromatic heterocycles. The van der Waals surface area contributed by atoms with Gasteiger partial charge in [0.05, 0.1) is 5.56 Å². The number of ketones is 1. The van der Waals surface area contributed by atoms with Gasteiger partial charge >= 0.3 is 6.18 Å². The smallest absolute Gasteiger partial charge is 0.434 e. The third-order valence-electron chi connectivity index (χ3n) is 4.04. The lowest BCUT2D eigenvalue weighted by molar-refractivity contribution is -0.141. The second-order valence-electron chi connectivity index (χ2n) is 6.22. The third-order valence-corrected chi connectivity index (χ3v) is 4.53. The summed E-state index contributed by atoms with van der Waals surface area (Å²) in [5.41, 5.74) is -0.714. The van der Waals surface area contributed by atoms with Crippen LogP contribution in [0.5, 0.6) is 11.6 Å². The summed E-state index contributed by atoms with van der Waals surface area (Å²) in [7, 11) is 0. The van der Waals surface area contributed by atoms with Crippen LogP contribution in [0.2, 0.25) is 0 Å². The molecule has 3 rings (SSSR count). The highest BCUT2D eigenvalue weighted by atomic mass is 79.9. The van der Waals surface area contributed by atoms with Crippen LogP contribution in [0.4, 0.5) is 13.2 Å². The molecule has 0 unspecified atom stereocenters. The highest BCUT2D eigenvalue weighted by Gasteiger charge is 2.35. The van der Waals surface area contributed by atoms with Crippen LogP contribution in [0.25, 0.3) is 6.08 Å². The van der Waals surface area contributed by atoms with Crippen LogP contribution in [-0.2, 0) is 12.8 Å². The molecule has 0 aliphatic rings. The monoisotopic (exact) mass is 477 g/mol. The molecule has 3 aromatic rings. The van der Waals surface area contributed by atoms with Crippen molar-refractivity contribution < 1.29 is 27.8 Å². The molecule has 0 bridgehead atoms. The lowest BCUT2D eigenvalue weighted by atomic mass is 10.1. The van der Waals surface area contributed by atoms with E-state index in [0.29, 0.717) is 4.47 Å². The molecule has 1 heterocycles. The molecule has 154 valence electrons. The van der Waals surface area contributed by atoms with Crippen LogP contribution in [0, 0.1) is 0 Å². The van der Waals surface area contributed by atoms with Crippen LogP contribution >= 0.6 is 15.9 Å². The number of aromatic hydroxyl groups is 1. The van der Waals surface area contributed by atoms with E-state index in [1.807, 2.05) is 6.07 Å². The standard InChI is InChI=1S/C22H15BrF3NO3/c23-16-8-10-19(29)17(12-16)18(28)9-6-15-7-11-20(27-21(15)22(24,25)26)30-13-14-4-2-1-3-5-14/h1-12,29H,13H2/b9-6+. The van der Waals surface area contributed by atoms with Gasteiger partial charge in [-0.3, -0.25) is 4.79 Å². The average molecular weight is 478 g/mol. The van der Waals surface area contributed by atoms with E-state index in [2.05, 4.69) is 20.9 Å². The highest BCUT2D eigenvalue weighted by Crippen LogP contribution is 2.33. The van der Waals surface area contributed by atoms with Gasteiger partial charge in [-0.2, -0.15) is 13.2 Å². The zero-order valence-corrected chi connectivity index (χ0v) is 16.9. The fraction of sp³-hybridized carbons (Fsp3) is 0.0909. The van der Waals surface area contributed by atoms with E-state index >= 15 is 0 Å². The number of carbonyl (C=O) groups is 1. The average Bonchev–Trinajstić information content (AvgIpc) is 2.72. The fourth-order valence-corrected chi connectivity index (χ4v) is 2.95. The summed E-state index contributed by atoms with van der Waals surface area (Å²) in [6, 6.07) is 15.7. The SMILES string of the molecule is O=C(/C=C/c1ccc(OCc2ccccc2)nc1C(F)(F)F)c1cc(Br)ccc1O. The number of alkyl halides is 3. The van der Waals surface area contributed by atoms with Crippen molar-refractivity contribution >= 4 is 27.8 Å². The number of aromatic nitrogens is 1. The molecule has 0 saturated carbocycles. The topological polar surface area (TPSA) is 59.4 Å². The van der Waals surface area contributed by atoms with Gasteiger partial charge < -0.3 is 9.84 Å². The number of hydrogen-bond donors (Lipinski definition) is 1. The minimum absolute atomic E-state index is 0.0371. The van der Waals surface area contributed by atoms with E-state index in [9.17, 15) is 23.1 Å². The van der Waals surface area contributed by atoms with E-state index in [1.165, 1.54) is 30.3 Å². The van der Waals surface area contributed by atoms with E-state index in [4.69, 9.17) is 4.74 Å². The molecule has 8 heteroatoms.